The molecule has 0 spiro atoms. The van der Waals surface area contributed by atoms with Crippen LogP contribution in [0.4, 0.5) is 5.69 Å². The summed E-state index contributed by atoms with van der Waals surface area (Å²) >= 11 is 0. The van der Waals surface area contributed by atoms with Crippen LogP contribution in [0.15, 0.2) is 47.5 Å². The molecular weight excluding hydrogens is 282 g/mol. The maximum atomic E-state index is 12.6. The quantitative estimate of drug-likeness (QED) is 0.753. The minimum absolute atomic E-state index is 0.236. The van der Waals surface area contributed by atoms with Gasteiger partial charge in [-0.25, -0.2) is 4.79 Å². The highest BCUT2D eigenvalue weighted by Gasteiger charge is 2.19. The van der Waals surface area contributed by atoms with E-state index >= 15 is 0 Å². The largest absolute Gasteiger partial charge is 0.396 e. The van der Waals surface area contributed by atoms with Crippen molar-refractivity contribution in [2.45, 2.75) is 13.5 Å². The summed E-state index contributed by atoms with van der Waals surface area (Å²) < 4.78 is 2.58. The molecule has 3 aromatic rings. The first-order valence-corrected chi connectivity index (χ1v) is 6.75. The molecule has 0 unspecified atom stereocenters. The third-order valence-electron chi connectivity index (χ3n) is 3.51. The molecule has 0 saturated carbocycles. The summed E-state index contributed by atoms with van der Waals surface area (Å²) in [5, 5.41) is 3.96. The Kier molecular flexibility index (Phi) is 3.38. The smallest absolute Gasteiger partial charge is 0.326 e. The highest BCUT2D eigenvalue weighted by atomic mass is 16.2. The molecule has 0 aliphatic rings. The third kappa shape index (κ3) is 2.32. The SMILES string of the molecule is Cc1c(N)cnn1C(=O)c1c[nH]c(=O)n1Cc1ccccc1. The molecule has 22 heavy (non-hydrogen) atoms. The van der Waals surface area contributed by atoms with E-state index in [1.165, 1.54) is 21.6 Å². The Morgan fingerprint density at radius 1 is 1.32 bits per heavy atom. The molecule has 0 atom stereocenters. The van der Waals surface area contributed by atoms with Gasteiger partial charge in [0.15, 0.2) is 0 Å². The number of carbonyl (C=O) groups excluding carboxylic acids is 1. The Hall–Kier alpha value is -3.09. The fourth-order valence-corrected chi connectivity index (χ4v) is 2.23. The fourth-order valence-electron chi connectivity index (χ4n) is 2.23. The van der Waals surface area contributed by atoms with Gasteiger partial charge in [-0.05, 0) is 12.5 Å². The van der Waals surface area contributed by atoms with Gasteiger partial charge in [0, 0.05) is 6.20 Å². The van der Waals surface area contributed by atoms with Gasteiger partial charge in [0.2, 0.25) is 0 Å². The van der Waals surface area contributed by atoms with Gasteiger partial charge in [0.1, 0.15) is 5.69 Å². The lowest BCUT2D eigenvalue weighted by Gasteiger charge is -2.07. The molecule has 7 nitrogen and oxygen atoms in total. The number of anilines is 1. The van der Waals surface area contributed by atoms with Crippen molar-refractivity contribution < 1.29 is 4.79 Å². The van der Waals surface area contributed by atoms with E-state index in [4.69, 9.17) is 5.73 Å². The lowest BCUT2D eigenvalue weighted by Crippen LogP contribution is -2.25. The van der Waals surface area contributed by atoms with E-state index in [9.17, 15) is 9.59 Å². The zero-order valence-corrected chi connectivity index (χ0v) is 12.0. The zero-order valence-electron chi connectivity index (χ0n) is 12.0. The number of nitrogens with one attached hydrogen (secondary N) is 1. The number of nitrogen functional groups attached to an aromatic ring is 1. The highest BCUT2D eigenvalue weighted by Crippen LogP contribution is 2.11. The van der Waals surface area contributed by atoms with E-state index < -0.39 is 5.91 Å². The van der Waals surface area contributed by atoms with Crippen LogP contribution in [-0.2, 0) is 6.54 Å². The average molecular weight is 297 g/mol. The Morgan fingerprint density at radius 3 is 2.68 bits per heavy atom. The highest BCUT2D eigenvalue weighted by molar-refractivity contribution is 5.94. The van der Waals surface area contributed by atoms with Crippen LogP contribution in [0.5, 0.6) is 0 Å². The first kappa shape index (κ1) is 13.9. The standard InChI is InChI=1S/C15H15N5O2/c1-10-12(16)7-18-20(10)14(21)13-8-17-15(22)19(13)9-11-5-3-2-4-6-11/h2-8H,9,16H2,1H3,(H,17,22). The number of hydrogen-bond acceptors (Lipinski definition) is 4. The topological polar surface area (TPSA) is 98.7 Å². The van der Waals surface area contributed by atoms with Gasteiger partial charge < -0.3 is 10.7 Å². The lowest BCUT2D eigenvalue weighted by molar-refractivity contribution is 0.0933. The summed E-state index contributed by atoms with van der Waals surface area (Å²) in [6.45, 7) is 2.01. The summed E-state index contributed by atoms with van der Waals surface area (Å²) in [6, 6.07) is 9.45. The molecule has 0 bridgehead atoms. The Bertz CT molecular complexity index is 873. The molecule has 2 heterocycles. The van der Waals surface area contributed by atoms with Gasteiger partial charge in [-0.15, -0.1) is 0 Å². The van der Waals surface area contributed by atoms with E-state index in [0.29, 0.717) is 17.9 Å². The normalized spacial score (nSPS) is 10.8. The van der Waals surface area contributed by atoms with E-state index in [-0.39, 0.29) is 11.4 Å². The monoisotopic (exact) mass is 297 g/mol. The van der Waals surface area contributed by atoms with Gasteiger partial charge in [0.05, 0.1) is 24.1 Å². The lowest BCUT2D eigenvalue weighted by atomic mass is 10.2. The van der Waals surface area contributed by atoms with E-state index in [0.717, 1.165) is 5.56 Å². The van der Waals surface area contributed by atoms with Gasteiger partial charge in [-0.1, -0.05) is 30.3 Å². The Balaban J connectivity index is 2.00. The molecule has 2 aromatic heterocycles. The molecular formula is C15H15N5O2. The average Bonchev–Trinajstić information content (AvgIpc) is 3.04. The second-order valence-electron chi connectivity index (χ2n) is 4.95. The molecule has 0 saturated heterocycles. The maximum absolute atomic E-state index is 12.6. The van der Waals surface area contributed by atoms with Crippen LogP contribution in [0, 0.1) is 6.92 Å². The van der Waals surface area contributed by atoms with Crippen LogP contribution in [-0.4, -0.2) is 25.2 Å². The Morgan fingerprint density at radius 2 is 2.05 bits per heavy atom. The van der Waals surface area contributed by atoms with Gasteiger partial charge in [0.25, 0.3) is 5.91 Å². The fraction of sp³-hybridized carbons (Fsp3) is 0.133. The minimum atomic E-state index is -0.400. The van der Waals surface area contributed by atoms with Crippen molar-refractivity contribution in [3.05, 3.63) is 70.2 Å². The molecule has 3 N–H and O–H groups in total. The molecule has 0 fully saturated rings. The van der Waals surface area contributed by atoms with Crippen LogP contribution in [0.2, 0.25) is 0 Å². The molecule has 0 aliphatic carbocycles. The summed E-state index contributed by atoms with van der Waals surface area (Å²) in [6.07, 6.45) is 2.81. The number of nitrogens with two attached hydrogens (primary N) is 1. The number of carbonyl (C=O) groups is 1. The molecule has 1 aromatic carbocycles. The predicted molar refractivity (Wildman–Crippen MR) is 81.7 cm³/mol. The summed E-state index contributed by atoms with van der Waals surface area (Å²) in [4.78, 5) is 27.1. The van der Waals surface area contributed by atoms with Crippen molar-refractivity contribution in [1.29, 1.82) is 0 Å². The van der Waals surface area contributed by atoms with Crippen LogP contribution in [0.25, 0.3) is 0 Å². The Labute approximate surface area is 126 Å². The van der Waals surface area contributed by atoms with Crippen LogP contribution in [0.1, 0.15) is 21.7 Å². The van der Waals surface area contributed by atoms with Crippen molar-refractivity contribution in [1.82, 2.24) is 19.3 Å². The van der Waals surface area contributed by atoms with Crippen molar-refractivity contribution in [2.24, 2.45) is 0 Å². The molecule has 0 amide bonds. The minimum Gasteiger partial charge on any atom is -0.396 e. The molecule has 0 aliphatic heterocycles. The third-order valence-corrected chi connectivity index (χ3v) is 3.51. The van der Waals surface area contributed by atoms with E-state index in [1.54, 1.807) is 6.92 Å². The second kappa shape index (κ2) is 5.36. The number of benzene rings is 1. The van der Waals surface area contributed by atoms with Crippen molar-refractivity contribution in [3.63, 3.8) is 0 Å². The number of hydrogen-bond donors (Lipinski definition) is 2. The van der Waals surface area contributed by atoms with E-state index in [2.05, 4.69) is 10.1 Å². The second-order valence-corrected chi connectivity index (χ2v) is 4.95. The number of H-pyrrole nitrogens is 1. The summed E-state index contributed by atoms with van der Waals surface area (Å²) in [5.41, 5.74) is 7.51. The van der Waals surface area contributed by atoms with Crippen LogP contribution >= 0.6 is 0 Å². The van der Waals surface area contributed by atoms with Crippen molar-refractivity contribution >= 4 is 11.6 Å². The predicted octanol–water partition coefficient (Wildman–Crippen LogP) is 1.00. The molecule has 112 valence electrons. The van der Waals surface area contributed by atoms with Crippen LogP contribution < -0.4 is 11.4 Å². The first-order chi connectivity index (χ1) is 10.6. The molecule has 7 heteroatoms. The number of aromatic amines is 1. The number of imidazole rings is 1. The first-order valence-electron chi connectivity index (χ1n) is 6.75. The van der Waals surface area contributed by atoms with Crippen molar-refractivity contribution in [2.75, 3.05) is 5.73 Å². The van der Waals surface area contributed by atoms with Gasteiger partial charge in [-0.2, -0.15) is 9.78 Å². The number of aromatic nitrogens is 4. The van der Waals surface area contributed by atoms with Crippen molar-refractivity contribution in [3.8, 4) is 0 Å². The maximum Gasteiger partial charge on any atom is 0.326 e. The zero-order chi connectivity index (χ0) is 15.7. The van der Waals surface area contributed by atoms with E-state index in [1.807, 2.05) is 30.3 Å². The summed E-state index contributed by atoms with van der Waals surface area (Å²) in [5.74, 6) is -0.400. The van der Waals surface area contributed by atoms with Gasteiger partial charge >= 0.3 is 5.69 Å². The van der Waals surface area contributed by atoms with Crippen LogP contribution in [0.3, 0.4) is 0 Å². The summed E-state index contributed by atoms with van der Waals surface area (Å²) in [7, 11) is 0. The molecule has 3 rings (SSSR count). The van der Waals surface area contributed by atoms with Gasteiger partial charge in [-0.3, -0.25) is 9.36 Å². The number of rotatable bonds is 3. The number of nitrogens with zero attached hydrogens (tertiary/aromatic N) is 3. The molecule has 0 radical (unpaired) electrons.